The number of aromatic amines is 1. The van der Waals surface area contributed by atoms with Gasteiger partial charge in [-0.3, -0.25) is 0 Å². The van der Waals surface area contributed by atoms with Gasteiger partial charge in [0.1, 0.15) is 12.4 Å². The van der Waals surface area contributed by atoms with Gasteiger partial charge in [-0.05, 0) is 30.7 Å². The fourth-order valence-electron chi connectivity index (χ4n) is 1.90. The topological polar surface area (TPSA) is 98.2 Å². The van der Waals surface area contributed by atoms with Crippen LogP contribution in [0.2, 0.25) is 0 Å². The summed E-state index contributed by atoms with van der Waals surface area (Å²) >= 11 is 0. The number of nitrogens with zero attached hydrogens (tertiary/aromatic N) is 5. The predicted molar refractivity (Wildman–Crippen MR) is 86.1 cm³/mol. The fraction of sp³-hybridized carbons (Fsp3) is 0.188. The van der Waals surface area contributed by atoms with Crippen molar-refractivity contribution in [2.45, 2.75) is 20.1 Å². The van der Waals surface area contributed by atoms with Crippen LogP contribution in [0, 0.1) is 5.82 Å². The van der Waals surface area contributed by atoms with Crippen molar-refractivity contribution in [3.05, 3.63) is 65.4 Å². The molecular formula is C16H15FN6O2. The largest absolute Gasteiger partial charge is 0.469 e. The molecule has 3 aromatic rings. The lowest BCUT2D eigenvalue weighted by Crippen LogP contribution is -2.01. The molecule has 1 N–H and O–H groups in total. The number of aromatic nitrogens is 5. The minimum absolute atomic E-state index is 0.177. The van der Waals surface area contributed by atoms with Gasteiger partial charge in [0.05, 0.1) is 5.71 Å². The number of rotatable bonds is 7. The minimum Gasteiger partial charge on any atom is -0.469 e. The molecule has 0 amide bonds. The molecule has 0 aliphatic heterocycles. The molecule has 9 heteroatoms. The highest BCUT2D eigenvalue weighted by Crippen LogP contribution is 2.10. The van der Waals surface area contributed by atoms with Crippen molar-refractivity contribution >= 4 is 5.71 Å². The Bertz CT molecular complexity index is 819. The van der Waals surface area contributed by atoms with Crippen LogP contribution in [0.5, 0.6) is 5.88 Å². The zero-order valence-corrected chi connectivity index (χ0v) is 13.4. The van der Waals surface area contributed by atoms with E-state index in [9.17, 15) is 4.39 Å². The predicted octanol–water partition coefficient (Wildman–Crippen LogP) is 2.25. The fourth-order valence-corrected chi connectivity index (χ4v) is 1.90. The van der Waals surface area contributed by atoms with E-state index in [1.54, 1.807) is 24.4 Å². The molecule has 2 heterocycles. The van der Waals surface area contributed by atoms with Crippen molar-refractivity contribution < 1.29 is 14.0 Å². The number of benzene rings is 1. The molecular weight excluding hydrogens is 327 g/mol. The molecule has 128 valence electrons. The first-order valence-electron chi connectivity index (χ1n) is 7.43. The maximum absolute atomic E-state index is 12.8. The minimum atomic E-state index is -0.281. The van der Waals surface area contributed by atoms with Gasteiger partial charge >= 0.3 is 0 Å². The van der Waals surface area contributed by atoms with Crippen LogP contribution in [0.3, 0.4) is 0 Å². The molecule has 0 spiro atoms. The zero-order chi connectivity index (χ0) is 17.5. The number of hydrogen-bond donors (Lipinski definition) is 1. The van der Waals surface area contributed by atoms with Crippen LogP contribution < -0.4 is 4.74 Å². The van der Waals surface area contributed by atoms with E-state index in [0.717, 1.165) is 11.1 Å². The first-order chi connectivity index (χ1) is 12.2. The third-order valence-electron chi connectivity index (χ3n) is 3.24. The molecule has 0 unspecified atom stereocenters. The molecule has 0 fully saturated rings. The van der Waals surface area contributed by atoms with Crippen LogP contribution in [-0.4, -0.2) is 31.3 Å². The molecule has 25 heavy (non-hydrogen) atoms. The molecule has 0 saturated carbocycles. The number of hydrogen-bond acceptors (Lipinski definition) is 7. The van der Waals surface area contributed by atoms with E-state index in [2.05, 4.69) is 30.8 Å². The van der Waals surface area contributed by atoms with Crippen LogP contribution in [-0.2, 0) is 18.1 Å². The lowest BCUT2D eigenvalue weighted by atomic mass is 10.2. The molecule has 8 nitrogen and oxygen atoms in total. The van der Waals surface area contributed by atoms with Gasteiger partial charge in [-0.1, -0.05) is 22.5 Å². The lowest BCUT2D eigenvalue weighted by molar-refractivity contribution is 0.130. The summed E-state index contributed by atoms with van der Waals surface area (Å²) in [5.74, 6) is 0.600. The molecule has 2 aromatic heterocycles. The van der Waals surface area contributed by atoms with Gasteiger partial charge in [0.25, 0.3) is 0 Å². The molecule has 0 saturated heterocycles. The summed E-state index contributed by atoms with van der Waals surface area (Å²) in [7, 11) is 0. The summed E-state index contributed by atoms with van der Waals surface area (Å²) in [6, 6.07) is 9.60. The Morgan fingerprint density at radius 1 is 1.16 bits per heavy atom. The number of tetrazole rings is 1. The van der Waals surface area contributed by atoms with E-state index < -0.39 is 0 Å². The van der Waals surface area contributed by atoms with Crippen molar-refractivity contribution in [3.8, 4) is 5.88 Å². The molecule has 0 bridgehead atoms. The number of halogens is 1. The van der Waals surface area contributed by atoms with E-state index in [1.165, 1.54) is 12.1 Å². The highest BCUT2D eigenvalue weighted by Gasteiger charge is 2.03. The Kier molecular flexibility index (Phi) is 5.25. The lowest BCUT2D eigenvalue weighted by Gasteiger charge is -2.05. The zero-order valence-electron chi connectivity index (χ0n) is 13.4. The highest BCUT2D eigenvalue weighted by molar-refractivity contribution is 5.98. The number of pyridine rings is 1. The molecule has 0 aliphatic carbocycles. The SMILES string of the molecule is C/C(=N\OCc1ccc(F)cc1)c1ccc(OCc2nn[nH]n2)nc1. The monoisotopic (exact) mass is 342 g/mol. The van der Waals surface area contributed by atoms with Gasteiger partial charge in [0, 0.05) is 17.8 Å². The van der Waals surface area contributed by atoms with E-state index in [4.69, 9.17) is 9.57 Å². The molecule has 3 rings (SSSR count). The number of oxime groups is 1. The van der Waals surface area contributed by atoms with Crippen LogP contribution in [0.25, 0.3) is 0 Å². The summed E-state index contributed by atoms with van der Waals surface area (Å²) in [5.41, 5.74) is 2.30. The maximum atomic E-state index is 12.8. The summed E-state index contributed by atoms with van der Waals surface area (Å²) in [6.07, 6.45) is 1.63. The van der Waals surface area contributed by atoms with Crippen LogP contribution in [0.4, 0.5) is 4.39 Å². The third-order valence-corrected chi connectivity index (χ3v) is 3.24. The Balaban J connectivity index is 1.52. The molecule has 0 atom stereocenters. The number of ether oxygens (including phenoxy) is 1. The van der Waals surface area contributed by atoms with Gasteiger partial charge in [0.2, 0.25) is 11.7 Å². The Hall–Kier alpha value is -3.36. The van der Waals surface area contributed by atoms with Crippen molar-refractivity contribution in [1.29, 1.82) is 0 Å². The van der Waals surface area contributed by atoms with Gasteiger partial charge in [-0.2, -0.15) is 5.21 Å². The Morgan fingerprint density at radius 3 is 2.68 bits per heavy atom. The highest BCUT2D eigenvalue weighted by atomic mass is 19.1. The average molecular weight is 342 g/mol. The second-order valence-electron chi connectivity index (χ2n) is 5.08. The Morgan fingerprint density at radius 2 is 2.00 bits per heavy atom. The van der Waals surface area contributed by atoms with Gasteiger partial charge in [-0.25, -0.2) is 9.37 Å². The number of nitrogens with one attached hydrogen (secondary N) is 1. The first-order valence-corrected chi connectivity index (χ1v) is 7.43. The first kappa shape index (κ1) is 16.5. The van der Waals surface area contributed by atoms with E-state index in [0.29, 0.717) is 17.4 Å². The number of H-pyrrole nitrogens is 1. The standard InChI is InChI=1S/C16H15FN6O2/c1-11(21-25-9-12-2-5-14(17)6-3-12)13-4-7-16(18-8-13)24-10-15-19-22-23-20-15/h2-8H,9-10H2,1H3,(H,19,20,22,23)/b21-11+. The van der Waals surface area contributed by atoms with Gasteiger partial charge in [-0.15, -0.1) is 10.2 Å². The van der Waals surface area contributed by atoms with Crippen LogP contribution >= 0.6 is 0 Å². The molecule has 0 radical (unpaired) electrons. The normalized spacial score (nSPS) is 11.4. The summed E-state index contributed by atoms with van der Waals surface area (Å²) in [4.78, 5) is 9.47. The second-order valence-corrected chi connectivity index (χ2v) is 5.08. The molecule has 1 aromatic carbocycles. The Labute approximate surface area is 142 Å². The third kappa shape index (κ3) is 4.80. The quantitative estimate of drug-likeness (QED) is 0.522. The van der Waals surface area contributed by atoms with E-state index in [1.807, 2.05) is 13.0 Å². The summed E-state index contributed by atoms with van der Waals surface area (Å²) in [5, 5.41) is 17.4. The summed E-state index contributed by atoms with van der Waals surface area (Å²) in [6.45, 7) is 2.25. The smallest absolute Gasteiger partial charge is 0.213 e. The second kappa shape index (κ2) is 7.95. The van der Waals surface area contributed by atoms with Crippen LogP contribution in [0.15, 0.2) is 47.8 Å². The van der Waals surface area contributed by atoms with Crippen molar-refractivity contribution in [1.82, 2.24) is 25.6 Å². The van der Waals surface area contributed by atoms with Crippen LogP contribution in [0.1, 0.15) is 23.9 Å². The van der Waals surface area contributed by atoms with E-state index >= 15 is 0 Å². The van der Waals surface area contributed by atoms with Gasteiger partial charge in [0.15, 0.2) is 6.61 Å². The molecule has 0 aliphatic rings. The average Bonchev–Trinajstić information content (AvgIpc) is 3.15. The maximum Gasteiger partial charge on any atom is 0.213 e. The van der Waals surface area contributed by atoms with Crippen molar-refractivity contribution in [2.24, 2.45) is 5.16 Å². The van der Waals surface area contributed by atoms with E-state index in [-0.39, 0.29) is 19.0 Å². The van der Waals surface area contributed by atoms with Gasteiger partial charge < -0.3 is 9.57 Å². The van der Waals surface area contributed by atoms with Crippen molar-refractivity contribution in [2.75, 3.05) is 0 Å². The summed E-state index contributed by atoms with van der Waals surface area (Å²) < 4.78 is 18.3. The van der Waals surface area contributed by atoms with Crippen molar-refractivity contribution in [3.63, 3.8) is 0 Å².